The molecule has 2 aromatic rings. The van der Waals surface area contributed by atoms with E-state index in [9.17, 15) is 5.11 Å². The van der Waals surface area contributed by atoms with Gasteiger partial charge in [-0.25, -0.2) is 0 Å². The third-order valence-electron chi connectivity index (χ3n) is 1.54. The molecule has 0 radical (unpaired) electrons. The second-order valence-electron chi connectivity index (χ2n) is 2.39. The number of phenolic OH excluding ortho intramolecular Hbond substituents is 1. The summed E-state index contributed by atoms with van der Waals surface area (Å²) in [6.07, 6.45) is 0. The Morgan fingerprint density at radius 3 is 2.69 bits per heavy atom. The first kappa shape index (κ1) is 8.25. The number of halogens is 1. The highest BCUT2D eigenvalue weighted by Gasteiger charge is 2.09. The van der Waals surface area contributed by atoms with Crippen LogP contribution in [0, 0.1) is 0 Å². The Labute approximate surface area is 82.3 Å². The molecule has 0 atom stereocenters. The zero-order valence-electron chi connectivity index (χ0n) is 6.44. The lowest BCUT2D eigenvalue weighted by Gasteiger charge is -1.96. The van der Waals surface area contributed by atoms with Gasteiger partial charge in [-0.15, -0.1) is 0 Å². The number of hydrogen-bond donors (Lipinski definition) is 1. The van der Waals surface area contributed by atoms with Gasteiger partial charge < -0.3 is 9.63 Å². The highest BCUT2D eigenvalue weighted by Crippen LogP contribution is 2.27. The fraction of sp³-hybridized carbons (Fsp3) is 0. The van der Waals surface area contributed by atoms with E-state index in [2.05, 4.69) is 26.1 Å². The van der Waals surface area contributed by atoms with Gasteiger partial charge >= 0.3 is 0 Å². The van der Waals surface area contributed by atoms with Gasteiger partial charge in [0.15, 0.2) is 0 Å². The van der Waals surface area contributed by atoms with Gasteiger partial charge in [-0.1, -0.05) is 12.1 Å². The Kier molecular flexibility index (Phi) is 2.02. The summed E-state index contributed by atoms with van der Waals surface area (Å²) in [6, 6.07) is 6.78. The van der Waals surface area contributed by atoms with Crippen LogP contribution in [-0.2, 0) is 0 Å². The molecule has 1 N–H and O–H groups in total. The first-order valence-corrected chi connectivity index (χ1v) is 4.34. The summed E-state index contributed by atoms with van der Waals surface area (Å²) in [5.41, 5.74) is 0.528. The van der Waals surface area contributed by atoms with Gasteiger partial charge in [0.2, 0.25) is 4.73 Å². The maximum absolute atomic E-state index is 9.43. The minimum Gasteiger partial charge on any atom is -0.507 e. The predicted molar refractivity (Wildman–Crippen MR) is 49.1 cm³/mol. The second-order valence-corrected chi connectivity index (χ2v) is 3.09. The van der Waals surface area contributed by atoms with Crippen LogP contribution in [0.25, 0.3) is 11.5 Å². The van der Waals surface area contributed by atoms with Gasteiger partial charge in [0.25, 0.3) is 5.89 Å². The lowest BCUT2D eigenvalue weighted by atomic mass is 10.2. The first-order chi connectivity index (χ1) is 6.27. The number of phenols is 1. The van der Waals surface area contributed by atoms with Crippen molar-refractivity contribution in [1.29, 1.82) is 0 Å². The molecule has 0 amide bonds. The fourth-order valence-electron chi connectivity index (χ4n) is 0.969. The van der Waals surface area contributed by atoms with E-state index in [0.29, 0.717) is 16.2 Å². The lowest BCUT2D eigenvalue weighted by Crippen LogP contribution is -1.77. The second kappa shape index (κ2) is 3.18. The van der Waals surface area contributed by atoms with Crippen LogP contribution >= 0.6 is 15.9 Å². The molecule has 13 heavy (non-hydrogen) atoms. The van der Waals surface area contributed by atoms with Crippen LogP contribution < -0.4 is 0 Å². The van der Waals surface area contributed by atoms with Crippen LogP contribution in [0.4, 0.5) is 0 Å². The van der Waals surface area contributed by atoms with Crippen molar-refractivity contribution in [2.75, 3.05) is 0 Å². The third-order valence-corrected chi connectivity index (χ3v) is 1.86. The average Bonchev–Trinajstić information content (AvgIpc) is 2.53. The normalized spacial score (nSPS) is 10.2. The quantitative estimate of drug-likeness (QED) is 0.831. The summed E-state index contributed by atoms with van der Waals surface area (Å²) in [5, 5.41) is 13.0. The highest BCUT2D eigenvalue weighted by molar-refractivity contribution is 9.10. The van der Waals surface area contributed by atoms with E-state index in [1.54, 1.807) is 24.3 Å². The molecule has 0 saturated carbocycles. The minimum atomic E-state index is 0.124. The molecule has 2 rings (SSSR count). The summed E-state index contributed by atoms with van der Waals surface area (Å²) in [5.74, 6) is 0.420. The Morgan fingerprint density at radius 2 is 2.08 bits per heavy atom. The topological polar surface area (TPSA) is 59.2 Å². The Morgan fingerprint density at radius 1 is 1.31 bits per heavy atom. The third kappa shape index (κ3) is 1.55. The van der Waals surface area contributed by atoms with Crippen molar-refractivity contribution in [3.8, 4) is 17.2 Å². The Bertz CT molecular complexity index is 428. The van der Waals surface area contributed by atoms with Crippen LogP contribution in [0.2, 0.25) is 0 Å². The monoisotopic (exact) mass is 240 g/mol. The largest absolute Gasteiger partial charge is 0.507 e. The molecule has 0 bridgehead atoms. The predicted octanol–water partition coefficient (Wildman–Crippen LogP) is 2.20. The maximum atomic E-state index is 9.43. The molecule has 0 spiro atoms. The number of benzene rings is 1. The van der Waals surface area contributed by atoms with Gasteiger partial charge in [0, 0.05) is 0 Å². The summed E-state index contributed by atoms with van der Waals surface area (Å²) in [6.45, 7) is 0. The van der Waals surface area contributed by atoms with Crippen LogP contribution in [0.1, 0.15) is 0 Å². The van der Waals surface area contributed by atoms with E-state index < -0.39 is 0 Å². The molecule has 0 aliphatic rings. The van der Waals surface area contributed by atoms with Crippen molar-refractivity contribution in [1.82, 2.24) is 10.1 Å². The number of para-hydroxylation sites is 1. The van der Waals surface area contributed by atoms with E-state index in [1.807, 2.05) is 0 Å². The molecule has 0 saturated heterocycles. The van der Waals surface area contributed by atoms with Crippen LogP contribution in [-0.4, -0.2) is 15.2 Å². The summed E-state index contributed by atoms with van der Waals surface area (Å²) in [7, 11) is 0. The Hall–Kier alpha value is -1.36. The average molecular weight is 241 g/mol. The molecular weight excluding hydrogens is 236 g/mol. The van der Waals surface area contributed by atoms with Gasteiger partial charge in [0.05, 0.1) is 5.56 Å². The molecule has 0 aliphatic carbocycles. The smallest absolute Gasteiger partial charge is 0.262 e. The minimum absolute atomic E-state index is 0.124. The molecular formula is C8H5BrN2O2. The number of aromatic hydroxyl groups is 1. The van der Waals surface area contributed by atoms with Crippen molar-refractivity contribution < 1.29 is 9.63 Å². The zero-order valence-corrected chi connectivity index (χ0v) is 8.02. The van der Waals surface area contributed by atoms with Crippen molar-refractivity contribution in [2.45, 2.75) is 0 Å². The first-order valence-electron chi connectivity index (χ1n) is 3.55. The molecule has 0 aliphatic heterocycles. The van der Waals surface area contributed by atoms with E-state index in [1.165, 1.54) is 0 Å². The van der Waals surface area contributed by atoms with Crippen molar-refractivity contribution >= 4 is 15.9 Å². The molecule has 5 heteroatoms. The Balaban J connectivity index is 2.52. The summed E-state index contributed by atoms with van der Waals surface area (Å²) < 4.78 is 5.23. The van der Waals surface area contributed by atoms with Crippen LogP contribution in [0.15, 0.2) is 33.5 Å². The summed E-state index contributed by atoms with van der Waals surface area (Å²) in [4.78, 5) is 3.92. The molecule has 1 aromatic heterocycles. The van der Waals surface area contributed by atoms with Crippen molar-refractivity contribution in [3.05, 3.63) is 29.0 Å². The standard InChI is InChI=1S/C8H5BrN2O2/c9-8-10-7(13-11-8)5-3-1-2-4-6(5)12/h1-4,12H. The van der Waals surface area contributed by atoms with Gasteiger partial charge in [-0.05, 0) is 33.2 Å². The summed E-state index contributed by atoms with van der Waals surface area (Å²) >= 11 is 3.06. The number of rotatable bonds is 1. The van der Waals surface area contributed by atoms with Gasteiger partial charge in [0.1, 0.15) is 5.75 Å². The van der Waals surface area contributed by atoms with Gasteiger partial charge in [-0.3, -0.25) is 0 Å². The van der Waals surface area contributed by atoms with E-state index in [4.69, 9.17) is 4.52 Å². The van der Waals surface area contributed by atoms with Crippen LogP contribution in [0.3, 0.4) is 0 Å². The molecule has 1 aromatic carbocycles. The van der Waals surface area contributed by atoms with Crippen molar-refractivity contribution in [2.24, 2.45) is 0 Å². The van der Waals surface area contributed by atoms with E-state index in [-0.39, 0.29) is 5.75 Å². The molecule has 4 nitrogen and oxygen atoms in total. The highest BCUT2D eigenvalue weighted by atomic mass is 79.9. The van der Waals surface area contributed by atoms with E-state index >= 15 is 0 Å². The molecule has 1 heterocycles. The maximum Gasteiger partial charge on any atom is 0.262 e. The van der Waals surface area contributed by atoms with Gasteiger partial charge in [-0.2, -0.15) is 4.98 Å². The lowest BCUT2D eigenvalue weighted by molar-refractivity contribution is 0.420. The number of nitrogens with zero attached hydrogens (tertiary/aromatic N) is 2. The molecule has 66 valence electrons. The zero-order chi connectivity index (χ0) is 9.26. The van der Waals surface area contributed by atoms with Crippen molar-refractivity contribution in [3.63, 3.8) is 0 Å². The van der Waals surface area contributed by atoms with E-state index in [0.717, 1.165) is 0 Å². The number of aromatic nitrogens is 2. The SMILES string of the molecule is Oc1ccccc1-c1nc(Br)no1. The van der Waals surface area contributed by atoms with Crippen LogP contribution in [0.5, 0.6) is 5.75 Å². The fourth-order valence-corrected chi connectivity index (χ4v) is 1.20. The number of hydrogen-bond acceptors (Lipinski definition) is 4. The molecule has 0 fully saturated rings. The molecule has 0 unspecified atom stereocenters.